The molecule has 0 aliphatic carbocycles. The summed E-state index contributed by atoms with van der Waals surface area (Å²) in [5, 5.41) is 3.73. The summed E-state index contributed by atoms with van der Waals surface area (Å²) in [6.07, 6.45) is 0. The van der Waals surface area contributed by atoms with Crippen molar-refractivity contribution in [3.8, 4) is 0 Å². The monoisotopic (exact) mass is 295 g/mol. The molecule has 0 spiro atoms. The second kappa shape index (κ2) is 6.94. The number of hydrogen-bond donors (Lipinski definition) is 1. The summed E-state index contributed by atoms with van der Waals surface area (Å²) in [5.41, 5.74) is 2.09. The topological polar surface area (TPSA) is 12.0 Å². The van der Waals surface area contributed by atoms with Crippen molar-refractivity contribution in [1.82, 2.24) is 5.32 Å². The Labute approximate surface area is 122 Å². The van der Waals surface area contributed by atoms with Gasteiger partial charge < -0.3 is 5.32 Å². The van der Waals surface area contributed by atoms with Crippen molar-refractivity contribution in [3.63, 3.8) is 0 Å². The van der Waals surface area contributed by atoms with Crippen molar-refractivity contribution in [2.24, 2.45) is 0 Å². The summed E-state index contributed by atoms with van der Waals surface area (Å²) in [4.78, 5) is 0.676. The van der Waals surface area contributed by atoms with Crippen LogP contribution in [0.5, 0.6) is 0 Å². The average molecular weight is 296 g/mol. The quantitative estimate of drug-likeness (QED) is 0.816. The molecule has 0 heterocycles. The van der Waals surface area contributed by atoms with E-state index in [4.69, 9.17) is 11.6 Å². The number of thioether (sulfide) groups is 1. The van der Waals surface area contributed by atoms with Crippen molar-refractivity contribution in [3.05, 3.63) is 64.4 Å². The highest BCUT2D eigenvalue weighted by atomic mass is 35.5. The maximum Gasteiger partial charge on any atom is 0.137 e. The fourth-order valence-electron chi connectivity index (χ4n) is 1.72. The van der Waals surface area contributed by atoms with Gasteiger partial charge in [0, 0.05) is 22.2 Å². The van der Waals surface area contributed by atoms with E-state index in [-0.39, 0.29) is 5.82 Å². The number of halogens is 2. The molecule has 0 aliphatic rings. The van der Waals surface area contributed by atoms with E-state index in [9.17, 15) is 4.39 Å². The first kappa shape index (κ1) is 14.4. The van der Waals surface area contributed by atoms with Crippen LogP contribution in [0.25, 0.3) is 0 Å². The molecular formula is C15H15ClFNS. The number of rotatable bonds is 5. The van der Waals surface area contributed by atoms with E-state index in [0.29, 0.717) is 11.4 Å². The van der Waals surface area contributed by atoms with E-state index in [1.807, 2.05) is 43.4 Å². The molecule has 2 aromatic rings. The molecule has 0 saturated heterocycles. The van der Waals surface area contributed by atoms with Gasteiger partial charge in [-0.15, -0.1) is 11.8 Å². The Morgan fingerprint density at radius 1 is 1.11 bits per heavy atom. The van der Waals surface area contributed by atoms with E-state index in [2.05, 4.69) is 5.32 Å². The second-order valence-electron chi connectivity index (χ2n) is 4.21. The molecule has 0 bridgehead atoms. The largest absolute Gasteiger partial charge is 0.316 e. The minimum Gasteiger partial charge on any atom is -0.316 e. The lowest BCUT2D eigenvalue weighted by atomic mass is 10.2. The molecule has 4 heteroatoms. The molecule has 0 fully saturated rings. The van der Waals surface area contributed by atoms with Gasteiger partial charge >= 0.3 is 0 Å². The number of nitrogens with one attached hydrogen (secondary N) is 1. The first-order valence-electron chi connectivity index (χ1n) is 5.99. The summed E-state index contributed by atoms with van der Waals surface area (Å²) < 4.78 is 13.9. The van der Waals surface area contributed by atoms with Gasteiger partial charge in [-0.1, -0.05) is 29.8 Å². The van der Waals surface area contributed by atoms with E-state index < -0.39 is 0 Å². The molecule has 0 aromatic heterocycles. The van der Waals surface area contributed by atoms with Crippen LogP contribution in [-0.4, -0.2) is 7.05 Å². The van der Waals surface area contributed by atoms with Crippen molar-refractivity contribution in [2.75, 3.05) is 7.05 Å². The molecule has 0 saturated carbocycles. The maximum absolute atomic E-state index is 13.9. The summed E-state index contributed by atoms with van der Waals surface area (Å²) >= 11 is 7.32. The third-order valence-electron chi connectivity index (χ3n) is 2.68. The first-order chi connectivity index (χ1) is 9.19. The lowest BCUT2D eigenvalue weighted by molar-refractivity contribution is 0.598. The summed E-state index contributed by atoms with van der Waals surface area (Å²) in [6, 6.07) is 13.0. The zero-order chi connectivity index (χ0) is 13.7. The normalized spacial score (nSPS) is 10.7. The zero-order valence-electron chi connectivity index (χ0n) is 10.6. The van der Waals surface area contributed by atoms with Crippen molar-refractivity contribution in [1.29, 1.82) is 0 Å². The molecule has 2 rings (SSSR count). The predicted molar refractivity (Wildman–Crippen MR) is 80.2 cm³/mol. The van der Waals surface area contributed by atoms with E-state index >= 15 is 0 Å². The molecule has 2 aromatic carbocycles. The van der Waals surface area contributed by atoms with Gasteiger partial charge in [-0.2, -0.15) is 0 Å². The van der Waals surface area contributed by atoms with Gasteiger partial charge in [-0.05, 0) is 42.4 Å². The highest BCUT2D eigenvalue weighted by Gasteiger charge is 2.04. The third-order valence-corrected chi connectivity index (χ3v) is 4.06. The Kier molecular flexibility index (Phi) is 5.25. The molecule has 0 aliphatic heterocycles. The molecular weight excluding hydrogens is 281 g/mol. The van der Waals surface area contributed by atoms with Crippen LogP contribution in [0, 0.1) is 5.82 Å². The Hall–Kier alpha value is -1.03. The van der Waals surface area contributed by atoms with Crippen molar-refractivity contribution < 1.29 is 4.39 Å². The van der Waals surface area contributed by atoms with Gasteiger partial charge in [0.15, 0.2) is 0 Å². The van der Waals surface area contributed by atoms with Gasteiger partial charge in [0.25, 0.3) is 0 Å². The lowest BCUT2D eigenvalue weighted by Crippen LogP contribution is -2.05. The standard InChI is InChI=1S/C15H15ClFNS/c1-18-9-12-4-7-15(14(17)8-12)19-10-11-2-5-13(16)6-3-11/h2-8,18H,9-10H2,1H3. The van der Waals surface area contributed by atoms with Crippen LogP contribution in [-0.2, 0) is 12.3 Å². The van der Waals surface area contributed by atoms with Gasteiger partial charge in [-0.25, -0.2) is 4.39 Å². The van der Waals surface area contributed by atoms with E-state index in [0.717, 1.165) is 21.9 Å². The number of hydrogen-bond acceptors (Lipinski definition) is 2. The third kappa shape index (κ3) is 4.23. The van der Waals surface area contributed by atoms with Gasteiger partial charge in [0.2, 0.25) is 0 Å². The minimum atomic E-state index is -0.160. The van der Waals surface area contributed by atoms with Crippen molar-refractivity contribution in [2.45, 2.75) is 17.2 Å². The molecule has 19 heavy (non-hydrogen) atoms. The lowest BCUT2D eigenvalue weighted by Gasteiger charge is -2.06. The summed E-state index contributed by atoms with van der Waals surface area (Å²) in [5.74, 6) is 0.575. The molecule has 1 nitrogen and oxygen atoms in total. The van der Waals surface area contributed by atoms with Gasteiger partial charge in [0.1, 0.15) is 5.82 Å². The van der Waals surface area contributed by atoms with Crippen LogP contribution < -0.4 is 5.32 Å². The Balaban J connectivity index is 2.01. The highest BCUT2D eigenvalue weighted by molar-refractivity contribution is 7.98. The molecule has 1 N–H and O–H groups in total. The van der Waals surface area contributed by atoms with Crippen molar-refractivity contribution >= 4 is 23.4 Å². The van der Waals surface area contributed by atoms with Crippen LogP contribution >= 0.6 is 23.4 Å². The van der Waals surface area contributed by atoms with Crippen LogP contribution in [0.4, 0.5) is 4.39 Å². The predicted octanol–water partition coefficient (Wildman–Crippen LogP) is 4.49. The molecule has 0 radical (unpaired) electrons. The van der Waals surface area contributed by atoms with Crippen LogP contribution in [0.2, 0.25) is 5.02 Å². The fourth-order valence-corrected chi connectivity index (χ4v) is 2.72. The summed E-state index contributed by atoms with van der Waals surface area (Å²) in [6.45, 7) is 0.680. The summed E-state index contributed by atoms with van der Waals surface area (Å²) in [7, 11) is 1.85. The zero-order valence-corrected chi connectivity index (χ0v) is 12.2. The SMILES string of the molecule is CNCc1ccc(SCc2ccc(Cl)cc2)c(F)c1. The molecule has 0 amide bonds. The smallest absolute Gasteiger partial charge is 0.137 e. The van der Waals surface area contributed by atoms with Gasteiger partial charge in [-0.3, -0.25) is 0 Å². The average Bonchev–Trinajstić information content (AvgIpc) is 2.40. The van der Waals surface area contributed by atoms with Crippen LogP contribution in [0.3, 0.4) is 0 Å². The second-order valence-corrected chi connectivity index (χ2v) is 5.66. The highest BCUT2D eigenvalue weighted by Crippen LogP contribution is 2.26. The maximum atomic E-state index is 13.9. The Bertz CT molecular complexity index is 542. The molecule has 0 atom stereocenters. The van der Waals surface area contributed by atoms with E-state index in [1.54, 1.807) is 6.07 Å². The first-order valence-corrected chi connectivity index (χ1v) is 7.35. The Morgan fingerprint density at radius 2 is 1.79 bits per heavy atom. The van der Waals surface area contributed by atoms with Crippen LogP contribution in [0.1, 0.15) is 11.1 Å². The fraction of sp³-hybridized carbons (Fsp3) is 0.200. The van der Waals surface area contributed by atoms with Crippen LogP contribution in [0.15, 0.2) is 47.4 Å². The minimum absolute atomic E-state index is 0.160. The van der Waals surface area contributed by atoms with E-state index in [1.165, 1.54) is 11.8 Å². The van der Waals surface area contributed by atoms with Gasteiger partial charge in [0.05, 0.1) is 0 Å². The molecule has 0 unspecified atom stereocenters. The Morgan fingerprint density at radius 3 is 2.42 bits per heavy atom. The number of benzene rings is 2. The molecule has 100 valence electrons.